The molecule has 0 saturated carbocycles. The van der Waals surface area contributed by atoms with Crippen LogP contribution in [0.1, 0.15) is 27.3 Å². The van der Waals surface area contributed by atoms with Gasteiger partial charge in [0.1, 0.15) is 6.33 Å². The Balaban J connectivity index is 1.80. The van der Waals surface area contributed by atoms with Gasteiger partial charge in [0, 0.05) is 23.0 Å². The summed E-state index contributed by atoms with van der Waals surface area (Å²) >= 11 is 0. The SMILES string of the molecule is COc1cc(C#N)ccc1OCC(=O)c1cc(C)n(-c2ncn[nH]2)c1C. The third-order valence-corrected chi connectivity index (χ3v) is 4.00. The fraction of sp³-hybridized carbons (Fsp3) is 0.222. The van der Waals surface area contributed by atoms with Crippen LogP contribution in [-0.4, -0.2) is 39.2 Å². The molecule has 0 atom stereocenters. The first-order valence-corrected chi connectivity index (χ1v) is 7.84. The molecule has 8 nitrogen and oxygen atoms in total. The number of ether oxygens (including phenoxy) is 2. The Morgan fingerprint density at radius 3 is 2.77 bits per heavy atom. The molecule has 0 aliphatic carbocycles. The molecule has 0 aliphatic rings. The van der Waals surface area contributed by atoms with Crippen molar-refractivity contribution in [2.75, 3.05) is 13.7 Å². The molecule has 0 unspecified atom stereocenters. The minimum atomic E-state index is -0.171. The maximum absolute atomic E-state index is 12.6. The molecule has 2 heterocycles. The number of carbonyl (C=O) groups excluding carboxylic acids is 1. The van der Waals surface area contributed by atoms with Crippen molar-refractivity contribution in [1.82, 2.24) is 19.7 Å². The van der Waals surface area contributed by atoms with Crippen LogP contribution in [0.5, 0.6) is 11.5 Å². The van der Waals surface area contributed by atoms with Gasteiger partial charge >= 0.3 is 0 Å². The number of nitriles is 1. The second-order valence-electron chi connectivity index (χ2n) is 5.62. The van der Waals surface area contributed by atoms with Crippen molar-refractivity contribution in [3.8, 4) is 23.5 Å². The number of hydrogen-bond acceptors (Lipinski definition) is 6. The Morgan fingerprint density at radius 1 is 1.31 bits per heavy atom. The molecule has 8 heteroatoms. The first kappa shape index (κ1) is 17.2. The number of Topliss-reactive ketones (excluding diaryl/α,β-unsaturated/α-hetero) is 1. The molecular formula is C18H17N5O3. The molecule has 0 spiro atoms. The van der Waals surface area contributed by atoms with E-state index in [4.69, 9.17) is 14.7 Å². The number of rotatable bonds is 6. The predicted octanol–water partition coefficient (Wildman–Crippen LogP) is 2.35. The molecule has 132 valence electrons. The van der Waals surface area contributed by atoms with E-state index in [1.165, 1.54) is 13.4 Å². The van der Waals surface area contributed by atoms with Gasteiger partial charge in [-0.25, -0.2) is 5.10 Å². The maximum Gasteiger partial charge on any atom is 0.229 e. The second kappa shape index (κ2) is 7.11. The van der Waals surface area contributed by atoms with Gasteiger partial charge in [0.05, 0.1) is 18.7 Å². The standard InChI is InChI=1S/C18H17N5O3/c1-11-6-14(12(2)23(11)18-20-10-21-22-18)15(24)9-26-16-5-4-13(8-19)7-17(16)25-3/h4-7,10H,9H2,1-3H3,(H,20,21,22). The van der Waals surface area contributed by atoms with E-state index in [1.54, 1.807) is 24.3 Å². The molecule has 3 aromatic rings. The normalized spacial score (nSPS) is 10.4. The van der Waals surface area contributed by atoms with Crippen molar-refractivity contribution >= 4 is 5.78 Å². The number of hydrogen-bond donors (Lipinski definition) is 1. The summed E-state index contributed by atoms with van der Waals surface area (Å²) in [6, 6.07) is 8.61. The van der Waals surface area contributed by atoms with Crippen LogP contribution in [0.3, 0.4) is 0 Å². The van der Waals surface area contributed by atoms with Crippen molar-refractivity contribution in [3.63, 3.8) is 0 Å². The molecular weight excluding hydrogens is 334 g/mol. The Morgan fingerprint density at radius 2 is 2.12 bits per heavy atom. The van der Waals surface area contributed by atoms with Crippen molar-refractivity contribution in [2.45, 2.75) is 13.8 Å². The molecule has 3 rings (SSSR count). The van der Waals surface area contributed by atoms with E-state index in [0.717, 1.165) is 11.4 Å². The quantitative estimate of drug-likeness (QED) is 0.683. The van der Waals surface area contributed by atoms with Crippen LogP contribution in [0.25, 0.3) is 5.95 Å². The second-order valence-corrected chi connectivity index (χ2v) is 5.62. The highest BCUT2D eigenvalue weighted by Crippen LogP contribution is 2.28. The van der Waals surface area contributed by atoms with E-state index in [0.29, 0.717) is 28.6 Å². The Kier molecular flexibility index (Phi) is 4.71. The number of aryl methyl sites for hydroxylation is 1. The number of nitrogens with one attached hydrogen (secondary N) is 1. The first-order chi connectivity index (χ1) is 12.5. The summed E-state index contributed by atoms with van der Waals surface area (Å²) in [6.07, 6.45) is 1.41. The molecule has 0 amide bonds. The van der Waals surface area contributed by atoms with Gasteiger partial charge in [0.15, 0.2) is 18.1 Å². The van der Waals surface area contributed by atoms with E-state index in [9.17, 15) is 4.79 Å². The zero-order valence-corrected chi connectivity index (χ0v) is 14.6. The smallest absolute Gasteiger partial charge is 0.229 e. The number of nitrogens with zero attached hydrogens (tertiary/aromatic N) is 4. The maximum atomic E-state index is 12.6. The summed E-state index contributed by atoms with van der Waals surface area (Å²) in [6.45, 7) is 3.57. The number of ketones is 1. The lowest BCUT2D eigenvalue weighted by molar-refractivity contribution is 0.0919. The topological polar surface area (TPSA) is 106 Å². The summed E-state index contributed by atoms with van der Waals surface area (Å²) in [4.78, 5) is 16.7. The van der Waals surface area contributed by atoms with Crippen LogP contribution in [0.4, 0.5) is 0 Å². The largest absolute Gasteiger partial charge is 0.493 e. The van der Waals surface area contributed by atoms with E-state index in [-0.39, 0.29) is 12.4 Å². The van der Waals surface area contributed by atoms with Gasteiger partial charge in [-0.3, -0.25) is 9.36 Å². The molecule has 0 saturated heterocycles. The first-order valence-electron chi connectivity index (χ1n) is 7.84. The van der Waals surface area contributed by atoms with Crippen LogP contribution in [0.15, 0.2) is 30.6 Å². The van der Waals surface area contributed by atoms with Crippen molar-refractivity contribution in [2.24, 2.45) is 0 Å². The molecule has 1 N–H and O–H groups in total. The Hall–Kier alpha value is -3.60. The van der Waals surface area contributed by atoms with Crippen LogP contribution in [0.2, 0.25) is 0 Å². The van der Waals surface area contributed by atoms with Crippen molar-refractivity contribution in [1.29, 1.82) is 5.26 Å². The number of aromatic nitrogens is 4. The summed E-state index contributed by atoms with van der Waals surface area (Å²) in [7, 11) is 1.48. The lowest BCUT2D eigenvalue weighted by Crippen LogP contribution is -2.13. The summed E-state index contributed by atoms with van der Waals surface area (Å²) in [5.41, 5.74) is 2.61. The molecule has 0 radical (unpaired) electrons. The van der Waals surface area contributed by atoms with E-state index in [1.807, 2.05) is 24.5 Å². The van der Waals surface area contributed by atoms with Gasteiger partial charge < -0.3 is 9.47 Å². The zero-order chi connectivity index (χ0) is 18.7. The lowest BCUT2D eigenvalue weighted by Gasteiger charge is -2.10. The molecule has 0 fully saturated rings. The third kappa shape index (κ3) is 3.15. The highest BCUT2D eigenvalue weighted by Gasteiger charge is 2.19. The predicted molar refractivity (Wildman–Crippen MR) is 92.7 cm³/mol. The van der Waals surface area contributed by atoms with E-state index >= 15 is 0 Å². The molecule has 1 aromatic carbocycles. The third-order valence-electron chi connectivity index (χ3n) is 4.00. The lowest BCUT2D eigenvalue weighted by atomic mass is 10.1. The van der Waals surface area contributed by atoms with Gasteiger partial charge in [-0.15, -0.1) is 0 Å². The number of methoxy groups -OCH3 is 1. The van der Waals surface area contributed by atoms with Gasteiger partial charge in [-0.2, -0.15) is 15.3 Å². The molecule has 0 aliphatic heterocycles. The van der Waals surface area contributed by atoms with E-state index in [2.05, 4.69) is 15.2 Å². The minimum absolute atomic E-state index is 0.150. The van der Waals surface area contributed by atoms with Gasteiger partial charge in [-0.1, -0.05) is 0 Å². The summed E-state index contributed by atoms with van der Waals surface area (Å²) in [5, 5.41) is 15.6. The van der Waals surface area contributed by atoms with Crippen LogP contribution in [0, 0.1) is 25.2 Å². The number of benzene rings is 1. The van der Waals surface area contributed by atoms with Crippen LogP contribution < -0.4 is 9.47 Å². The summed E-state index contributed by atoms with van der Waals surface area (Å²) in [5.74, 6) is 1.19. The molecule has 26 heavy (non-hydrogen) atoms. The minimum Gasteiger partial charge on any atom is -0.493 e. The number of aromatic amines is 1. The van der Waals surface area contributed by atoms with Gasteiger partial charge in [0.25, 0.3) is 0 Å². The average Bonchev–Trinajstić information content (AvgIpc) is 3.27. The average molecular weight is 351 g/mol. The van der Waals surface area contributed by atoms with Crippen LogP contribution in [-0.2, 0) is 0 Å². The molecule has 0 bridgehead atoms. The summed E-state index contributed by atoms with van der Waals surface area (Å²) < 4.78 is 12.6. The zero-order valence-electron chi connectivity index (χ0n) is 14.6. The number of H-pyrrole nitrogens is 1. The monoisotopic (exact) mass is 351 g/mol. The Labute approximate surface area is 150 Å². The number of carbonyl (C=O) groups is 1. The van der Waals surface area contributed by atoms with Crippen molar-refractivity contribution in [3.05, 3.63) is 53.1 Å². The van der Waals surface area contributed by atoms with Crippen molar-refractivity contribution < 1.29 is 14.3 Å². The fourth-order valence-electron chi connectivity index (χ4n) is 2.76. The Bertz CT molecular complexity index is 983. The van der Waals surface area contributed by atoms with E-state index < -0.39 is 0 Å². The highest BCUT2D eigenvalue weighted by atomic mass is 16.5. The van der Waals surface area contributed by atoms with Gasteiger partial charge in [0.2, 0.25) is 11.7 Å². The molecule has 2 aromatic heterocycles. The van der Waals surface area contributed by atoms with Gasteiger partial charge in [-0.05, 0) is 32.0 Å². The van der Waals surface area contributed by atoms with Crippen LogP contribution >= 0.6 is 0 Å². The highest BCUT2D eigenvalue weighted by molar-refractivity contribution is 5.98. The fourth-order valence-corrected chi connectivity index (χ4v) is 2.76.